The smallest absolute Gasteiger partial charge is 0.212 e. The maximum absolute atomic E-state index is 10.2. The van der Waals surface area contributed by atoms with E-state index in [2.05, 4.69) is 74.2 Å². The molecule has 2 fully saturated rings. The van der Waals surface area contributed by atoms with Gasteiger partial charge in [-0.15, -0.1) is 10.2 Å². The quantitative estimate of drug-likeness (QED) is 0.0858. The molecule has 10 aromatic rings. The lowest BCUT2D eigenvalue weighted by Gasteiger charge is -2.35. The fraction of sp³-hybridized carbons (Fsp3) is 0.311. The van der Waals surface area contributed by atoms with Gasteiger partial charge in [0.15, 0.2) is 11.6 Å². The monoisotopic (exact) mass is 1140 g/mol. The van der Waals surface area contributed by atoms with Crippen molar-refractivity contribution in [1.82, 2.24) is 68.5 Å². The summed E-state index contributed by atoms with van der Waals surface area (Å²) in [5.41, 5.74) is 22.3. The average molecular weight is 1140 g/mol. The number of piperazine rings is 2. The number of nitrogens with zero attached hydrogens (tertiary/aromatic N) is 18. The van der Waals surface area contributed by atoms with Gasteiger partial charge in [0.05, 0.1) is 62.4 Å². The zero-order valence-corrected chi connectivity index (χ0v) is 48.0. The zero-order chi connectivity index (χ0) is 59.4. The van der Waals surface area contributed by atoms with E-state index >= 15 is 0 Å². The first kappa shape index (κ1) is 56.9. The van der Waals surface area contributed by atoms with Crippen molar-refractivity contribution >= 4 is 34.3 Å². The first-order chi connectivity index (χ1) is 41.1. The van der Waals surface area contributed by atoms with Crippen LogP contribution in [0.25, 0.3) is 55.5 Å². The standard InChI is InChI=1S/C31H34N10O2.C30H32N10O2/c1-31(2,42)20-40-18-24(16-36-40)23-12-25(29-26(13-32)30(33)37-41(29)19-23)22-5-6-27(34-15-22)39-10-8-38(9-11-39)17-21-4-7-28(43-3)35-14-21;1-20(41)16-39-18-24(15-35-39)23-11-25(29-26(12-31)30(32)36-40(29)19-23)22-4-5-27(33-14-22)38-9-7-37(8-10-38)17-21-3-6-28(42-2)34-13-21/h4-7,12,14-16,18-19,42H,8-11,17,20H2,1-3H3,(H2,33,37);3-6,11,13-15,18-20,41H,7-10,16-17H2,1-2H3,(H2,32,36)/t;20-/m.0/s1. The molecular weight excluding hydrogens is 1080 g/mol. The molecule has 0 radical (unpaired) electrons. The molecule has 85 heavy (non-hydrogen) atoms. The highest BCUT2D eigenvalue weighted by molar-refractivity contribution is 5.91. The second-order valence-electron chi connectivity index (χ2n) is 21.9. The molecule has 2 aliphatic rings. The number of hydrogen-bond acceptors (Lipinski definition) is 20. The highest BCUT2D eigenvalue weighted by Gasteiger charge is 2.24. The maximum Gasteiger partial charge on any atom is 0.212 e. The normalized spacial score (nSPS) is 14.5. The van der Waals surface area contributed by atoms with Crippen molar-refractivity contribution in [3.63, 3.8) is 0 Å². The highest BCUT2D eigenvalue weighted by Crippen LogP contribution is 2.36. The molecule has 10 aromatic heterocycles. The Morgan fingerprint density at radius 1 is 0.565 bits per heavy atom. The van der Waals surface area contributed by atoms with E-state index in [1.165, 1.54) is 0 Å². The minimum absolute atomic E-state index is 0.173. The van der Waals surface area contributed by atoms with E-state index in [9.17, 15) is 20.7 Å². The molecule has 2 aliphatic heterocycles. The van der Waals surface area contributed by atoms with Gasteiger partial charge in [-0.3, -0.25) is 19.2 Å². The Morgan fingerprint density at radius 3 is 1.39 bits per heavy atom. The molecule has 434 valence electrons. The van der Waals surface area contributed by atoms with E-state index in [0.717, 1.165) is 133 Å². The second kappa shape index (κ2) is 24.5. The van der Waals surface area contributed by atoms with Crippen LogP contribution in [0.4, 0.5) is 23.3 Å². The number of methoxy groups -OCH3 is 2. The topological polar surface area (TPSA) is 293 Å². The van der Waals surface area contributed by atoms with E-state index in [1.807, 2.05) is 98.1 Å². The largest absolute Gasteiger partial charge is 0.481 e. The molecule has 12 heterocycles. The number of ether oxygens (including phenoxy) is 2. The maximum atomic E-state index is 10.2. The van der Waals surface area contributed by atoms with Gasteiger partial charge in [0.1, 0.15) is 34.9 Å². The minimum Gasteiger partial charge on any atom is -0.481 e. The predicted octanol–water partition coefficient (Wildman–Crippen LogP) is 6.03. The Bertz CT molecular complexity index is 4020. The second-order valence-corrected chi connectivity index (χ2v) is 21.9. The van der Waals surface area contributed by atoms with Crippen molar-refractivity contribution in [3.8, 4) is 68.4 Å². The molecular formula is C61H66N20O4. The molecule has 6 N–H and O–H groups in total. The lowest BCUT2D eigenvalue weighted by atomic mass is 10.0. The Kier molecular flexibility index (Phi) is 16.4. The highest BCUT2D eigenvalue weighted by atomic mass is 16.5. The van der Waals surface area contributed by atoms with Gasteiger partial charge in [0.25, 0.3) is 0 Å². The van der Waals surface area contributed by atoms with Crippen LogP contribution in [0.3, 0.4) is 0 Å². The predicted molar refractivity (Wildman–Crippen MR) is 322 cm³/mol. The summed E-state index contributed by atoms with van der Waals surface area (Å²) in [5, 5.41) is 57.3. The Labute approximate surface area is 491 Å². The molecule has 0 spiro atoms. The molecule has 0 aromatic carbocycles. The van der Waals surface area contributed by atoms with E-state index in [4.69, 9.17) is 30.9 Å². The number of nitrogens with two attached hydrogens (primary N) is 2. The van der Waals surface area contributed by atoms with E-state index in [1.54, 1.807) is 65.8 Å². The van der Waals surface area contributed by atoms with Crippen LogP contribution in [-0.4, -0.2) is 157 Å². The van der Waals surface area contributed by atoms with Crippen molar-refractivity contribution in [2.75, 3.05) is 87.8 Å². The van der Waals surface area contributed by atoms with Crippen molar-refractivity contribution in [2.45, 2.75) is 58.7 Å². The number of nitriles is 2. The van der Waals surface area contributed by atoms with Crippen molar-refractivity contribution in [3.05, 3.63) is 145 Å². The van der Waals surface area contributed by atoms with Gasteiger partial charge in [-0.2, -0.15) is 20.7 Å². The van der Waals surface area contributed by atoms with Gasteiger partial charge in [0, 0.05) is 172 Å². The first-order valence-corrected chi connectivity index (χ1v) is 27.9. The summed E-state index contributed by atoms with van der Waals surface area (Å²) in [6.07, 6.45) is 17.8. The molecule has 0 amide bonds. The van der Waals surface area contributed by atoms with Crippen LogP contribution in [0, 0.1) is 22.7 Å². The first-order valence-electron chi connectivity index (χ1n) is 27.9. The minimum atomic E-state index is -0.898. The van der Waals surface area contributed by atoms with Crippen molar-refractivity contribution in [1.29, 1.82) is 10.5 Å². The molecule has 12 rings (SSSR count). The lowest BCUT2D eigenvalue weighted by Crippen LogP contribution is -2.46. The third kappa shape index (κ3) is 12.8. The molecule has 24 nitrogen and oxygen atoms in total. The van der Waals surface area contributed by atoms with Crippen molar-refractivity contribution in [2.24, 2.45) is 0 Å². The van der Waals surface area contributed by atoms with Crippen LogP contribution < -0.4 is 30.7 Å². The van der Waals surface area contributed by atoms with Gasteiger partial charge >= 0.3 is 0 Å². The van der Waals surface area contributed by atoms with Gasteiger partial charge in [-0.25, -0.2) is 29.0 Å². The average Bonchev–Trinajstić information content (AvgIpc) is 2.44. The zero-order valence-electron chi connectivity index (χ0n) is 48.0. The third-order valence-electron chi connectivity index (χ3n) is 15.0. The Morgan fingerprint density at radius 2 is 1.01 bits per heavy atom. The molecule has 0 bridgehead atoms. The van der Waals surface area contributed by atoms with Crippen LogP contribution in [0.1, 0.15) is 43.0 Å². The number of aliphatic hydroxyl groups excluding tert-OH is 1. The molecule has 0 unspecified atom stereocenters. The number of rotatable bonds is 16. The van der Waals surface area contributed by atoms with Gasteiger partial charge in [0.2, 0.25) is 11.8 Å². The van der Waals surface area contributed by atoms with Gasteiger partial charge < -0.3 is 41.0 Å². The summed E-state index contributed by atoms with van der Waals surface area (Å²) >= 11 is 0. The van der Waals surface area contributed by atoms with Crippen LogP contribution in [0.5, 0.6) is 11.8 Å². The van der Waals surface area contributed by atoms with Gasteiger partial charge in [-0.1, -0.05) is 12.1 Å². The molecule has 1 atom stereocenters. The number of anilines is 4. The summed E-state index contributed by atoms with van der Waals surface area (Å²) in [6, 6.07) is 24.4. The van der Waals surface area contributed by atoms with E-state index < -0.39 is 11.7 Å². The molecule has 24 heteroatoms. The Balaban J connectivity index is 0.000000177. The number of nitrogen functional groups attached to an aromatic ring is 2. The summed E-state index contributed by atoms with van der Waals surface area (Å²) in [5.74, 6) is 3.40. The number of hydrogen-bond donors (Lipinski definition) is 4. The van der Waals surface area contributed by atoms with Crippen LogP contribution in [0.15, 0.2) is 123 Å². The van der Waals surface area contributed by atoms with Crippen molar-refractivity contribution < 1.29 is 19.7 Å². The molecule has 0 aliphatic carbocycles. The summed E-state index contributed by atoms with van der Waals surface area (Å²) < 4.78 is 17.0. The molecule has 0 saturated carbocycles. The van der Waals surface area contributed by atoms with Crippen LogP contribution in [-0.2, 0) is 26.2 Å². The number of aromatic nitrogens is 12. The number of aliphatic hydroxyl groups is 2. The fourth-order valence-electron chi connectivity index (χ4n) is 10.7. The van der Waals surface area contributed by atoms with Gasteiger partial charge in [-0.05, 0) is 68.3 Å². The summed E-state index contributed by atoms with van der Waals surface area (Å²) in [7, 11) is 3.24. The third-order valence-corrected chi connectivity index (χ3v) is 15.0. The number of pyridine rings is 6. The fourth-order valence-corrected chi connectivity index (χ4v) is 10.7. The summed E-state index contributed by atoms with van der Waals surface area (Å²) in [4.78, 5) is 27.6. The lowest BCUT2D eigenvalue weighted by molar-refractivity contribution is 0.0577. The summed E-state index contributed by atoms with van der Waals surface area (Å²) in [6.45, 7) is 14.8. The van der Waals surface area contributed by atoms with E-state index in [-0.39, 0.29) is 11.6 Å². The number of fused-ring (bicyclic) bond motifs is 2. The SMILES string of the molecule is COc1ccc(CN2CCN(c3ccc(-c4cc(-c5cnn(CC(C)(C)O)c5)cn5nc(N)c(C#N)c45)cn3)CC2)cn1.COc1ccc(CN2CCN(c3ccc(-c4cc(-c5cnn(C[C@H](C)O)c5)cn5nc(N)c(C#N)c45)cn3)CC2)cn1. The molecule has 2 saturated heterocycles. The van der Waals surface area contributed by atoms with Crippen LogP contribution >= 0.6 is 0 Å². The van der Waals surface area contributed by atoms with Crippen LogP contribution in [0.2, 0.25) is 0 Å². The Hall–Kier alpha value is -9.98. The van der Waals surface area contributed by atoms with E-state index in [0.29, 0.717) is 47.0 Å².